The largest absolute Gasteiger partial charge is 0.434 e. The molecule has 0 saturated heterocycles. The van der Waals surface area contributed by atoms with Crippen LogP contribution in [0.2, 0.25) is 0 Å². The van der Waals surface area contributed by atoms with Gasteiger partial charge in [0.05, 0.1) is 15.3 Å². The van der Waals surface area contributed by atoms with E-state index in [4.69, 9.17) is 0 Å². The summed E-state index contributed by atoms with van der Waals surface area (Å²) in [6, 6.07) is 0. The van der Waals surface area contributed by atoms with Crippen LogP contribution in [0.3, 0.4) is 0 Å². The SMILES string of the molecule is CC(C)(C)n1ncc(I)c1C(F)(F)F. The lowest BCUT2D eigenvalue weighted by atomic mass is 10.1. The maximum absolute atomic E-state index is 12.6. The zero-order chi connectivity index (χ0) is 11.1. The summed E-state index contributed by atoms with van der Waals surface area (Å²) < 4.78 is 39.0. The standard InChI is InChI=1S/C8H10F3IN2/c1-7(2,3)14-6(8(9,10)11)5(12)4-13-14/h4H,1-3H3. The maximum Gasteiger partial charge on any atom is 0.434 e. The fourth-order valence-electron chi connectivity index (χ4n) is 1.09. The molecule has 0 bridgehead atoms. The van der Waals surface area contributed by atoms with E-state index in [1.165, 1.54) is 6.20 Å². The first-order valence-electron chi connectivity index (χ1n) is 3.95. The lowest BCUT2D eigenvalue weighted by Gasteiger charge is -2.23. The smallest absolute Gasteiger partial charge is 0.254 e. The van der Waals surface area contributed by atoms with Gasteiger partial charge in [-0.25, -0.2) is 0 Å². The first-order chi connectivity index (χ1) is 6.14. The second-order valence-electron chi connectivity index (χ2n) is 3.92. The minimum absolute atomic E-state index is 0.130. The van der Waals surface area contributed by atoms with Crippen LogP contribution >= 0.6 is 22.6 Å². The third-order valence-electron chi connectivity index (χ3n) is 1.63. The third-order valence-corrected chi connectivity index (χ3v) is 2.42. The molecule has 1 aromatic rings. The zero-order valence-corrected chi connectivity index (χ0v) is 10.1. The van der Waals surface area contributed by atoms with Crippen molar-refractivity contribution in [2.75, 3.05) is 0 Å². The van der Waals surface area contributed by atoms with E-state index in [0.29, 0.717) is 0 Å². The van der Waals surface area contributed by atoms with Crippen molar-refractivity contribution in [3.05, 3.63) is 15.5 Å². The average Bonchev–Trinajstić information content (AvgIpc) is 2.27. The molecule has 1 heterocycles. The molecule has 0 N–H and O–H groups in total. The number of rotatable bonds is 0. The fourth-order valence-corrected chi connectivity index (χ4v) is 1.75. The van der Waals surface area contributed by atoms with Gasteiger partial charge in [-0.2, -0.15) is 18.3 Å². The third kappa shape index (κ3) is 2.21. The van der Waals surface area contributed by atoms with Gasteiger partial charge in [0.2, 0.25) is 0 Å². The van der Waals surface area contributed by atoms with Crippen molar-refractivity contribution in [1.82, 2.24) is 9.78 Å². The highest BCUT2D eigenvalue weighted by Crippen LogP contribution is 2.35. The molecule has 14 heavy (non-hydrogen) atoms. The van der Waals surface area contributed by atoms with Crippen molar-refractivity contribution < 1.29 is 13.2 Å². The minimum atomic E-state index is -4.35. The summed E-state index contributed by atoms with van der Waals surface area (Å²) >= 11 is 1.64. The van der Waals surface area contributed by atoms with Gasteiger partial charge in [0.1, 0.15) is 0 Å². The van der Waals surface area contributed by atoms with E-state index in [9.17, 15) is 13.2 Å². The summed E-state index contributed by atoms with van der Waals surface area (Å²) in [4.78, 5) is 0. The van der Waals surface area contributed by atoms with E-state index in [1.54, 1.807) is 43.4 Å². The van der Waals surface area contributed by atoms with Crippen molar-refractivity contribution in [3.8, 4) is 0 Å². The van der Waals surface area contributed by atoms with Gasteiger partial charge in [-0.05, 0) is 43.4 Å². The van der Waals surface area contributed by atoms with Crippen LogP contribution in [0.15, 0.2) is 6.20 Å². The second-order valence-corrected chi connectivity index (χ2v) is 5.08. The van der Waals surface area contributed by atoms with Gasteiger partial charge >= 0.3 is 6.18 Å². The van der Waals surface area contributed by atoms with Crippen molar-refractivity contribution in [2.45, 2.75) is 32.5 Å². The molecule has 0 aliphatic heterocycles. The summed E-state index contributed by atoms with van der Waals surface area (Å²) in [6.45, 7) is 5.06. The molecule has 0 saturated carbocycles. The van der Waals surface area contributed by atoms with Crippen molar-refractivity contribution in [1.29, 1.82) is 0 Å². The minimum Gasteiger partial charge on any atom is -0.254 e. The average molecular weight is 318 g/mol. The number of hydrogen-bond donors (Lipinski definition) is 0. The molecule has 0 fully saturated rings. The molecule has 0 spiro atoms. The molecule has 80 valence electrons. The number of hydrogen-bond acceptors (Lipinski definition) is 1. The van der Waals surface area contributed by atoms with Crippen molar-refractivity contribution >= 4 is 22.6 Å². The fraction of sp³-hybridized carbons (Fsp3) is 0.625. The number of aromatic nitrogens is 2. The van der Waals surface area contributed by atoms with E-state index in [2.05, 4.69) is 5.10 Å². The Morgan fingerprint density at radius 3 is 2.07 bits per heavy atom. The Morgan fingerprint density at radius 1 is 1.29 bits per heavy atom. The lowest BCUT2D eigenvalue weighted by Crippen LogP contribution is -2.29. The van der Waals surface area contributed by atoms with Crippen LogP contribution in [-0.4, -0.2) is 9.78 Å². The van der Waals surface area contributed by atoms with Crippen LogP contribution in [-0.2, 0) is 11.7 Å². The normalized spacial score (nSPS) is 13.4. The van der Waals surface area contributed by atoms with Crippen LogP contribution in [0.4, 0.5) is 13.2 Å². The summed E-state index contributed by atoms with van der Waals surface area (Å²) in [6.07, 6.45) is -3.12. The van der Waals surface area contributed by atoms with Gasteiger partial charge in [0.15, 0.2) is 5.69 Å². The van der Waals surface area contributed by atoms with Crippen molar-refractivity contribution in [2.24, 2.45) is 0 Å². The summed E-state index contributed by atoms with van der Waals surface area (Å²) in [5.41, 5.74) is -1.33. The van der Waals surface area contributed by atoms with Gasteiger partial charge in [-0.3, -0.25) is 4.68 Å². The molecular weight excluding hydrogens is 308 g/mol. The first-order valence-corrected chi connectivity index (χ1v) is 5.03. The molecule has 0 unspecified atom stereocenters. The van der Waals surface area contributed by atoms with Crippen LogP contribution in [0.25, 0.3) is 0 Å². The lowest BCUT2D eigenvalue weighted by molar-refractivity contribution is -0.146. The van der Waals surface area contributed by atoms with Crippen LogP contribution in [0.1, 0.15) is 26.5 Å². The van der Waals surface area contributed by atoms with Crippen LogP contribution < -0.4 is 0 Å². The molecule has 2 nitrogen and oxygen atoms in total. The highest BCUT2D eigenvalue weighted by atomic mass is 127. The molecule has 0 atom stereocenters. The first kappa shape index (κ1) is 11.8. The Kier molecular flexibility index (Phi) is 2.86. The molecule has 0 radical (unpaired) electrons. The maximum atomic E-state index is 12.6. The highest BCUT2D eigenvalue weighted by Gasteiger charge is 2.39. The predicted octanol–water partition coefficient (Wildman–Crippen LogP) is 3.26. The highest BCUT2D eigenvalue weighted by molar-refractivity contribution is 14.1. The summed E-state index contributed by atoms with van der Waals surface area (Å²) in [7, 11) is 0. The van der Waals surface area contributed by atoms with Gasteiger partial charge in [0, 0.05) is 0 Å². The molecule has 6 heteroatoms. The number of alkyl halides is 3. The van der Waals surface area contributed by atoms with E-state index in [-0.39, 0.29) is 3.57 Å². The Morgan fingerprint density at radius 2 is 1.79 bits per heavy atom. The predicted molar refractivity (Wildman–Crippen MR) is 54.9 cm³/mol. The van der Waals surface area contributed by atoms with E-state index >= 15 is 0 Å². The Balaban J connectivity index is 3.35. The molecule has 0 amide bonds. The Bertz CT molecular complexity index is 335. The van der Waals surface area contributed by atoms with E-state index in [1.807, 2.05) is 0 Å². The quantitative estimate of drug-likeness (QED) is 0.672. The number of halogens is 4. The topological polar surface area (TPSA) is 17.8 Å². The van der Waals surface area contributed by atoms with Gasteiger partial charge in [-0.1, -0.05) is 0 Å². The zero-order valence-electron chi connectivity index (χ0n) is 7.98. The van der Waals surface area contributed by atoms with Crippen LogP contribution in [0.5, 0.6) is 0 Å². The Labute approximate surface area is 93.6 Å². The summed E-state index contributed by atoms with van der Waals surface area (Å²) in [5, 5.41) is 3.74. The van der Waals surface area contributed by atoms with Crippen molar-refractivity contribution in [3.63, 3.8) is 0 Å². The van der Waals surface area contributed by atoms with Crippen LogP contribution in [0, 0.1) is 3.57 Å². The second kappa shape index (κ2) is 3.39. The van der Waals surface area contributed by atoms with Gasteiger partial charge in [0.25, 0.3) is 0 Å². The van der Waals surface area contributed by atoms with E-state index < -0.39 is 17.4 Å². The van der Waals surface area contributed by atoms with E-state index in [0.717, 1.165) is 4.68 Å². The molecule has 0 aromatic carbocycles. The molecule has 1 rings (SSSR count). The monoisotopic (exact) mass is 318 g/mol. The molecule has 0 aliphatic carbocycles. The molecule has 0 aliphatic rings. The van der Waals surface area contributed by atoms with Gasteiger partial charge < -0.3 is 0 Å². The Hall–Kier alpha value is -0.270. The molecular formula is C8H10F3IN2. The number of nitrogens with zero attached hydrogens (tertiary/aromatic N) is 2. The molecule has 1 aromatic heterocycles. The summed E-state index contributed by atoms with van der Waals surface area (Å²) in [5.74, 6) is 0. The van der Waals surface area contributed by atoms with Gasteiger partial charge in [-0.15, -0.1) is 0 Å².